The standard InChI is InChI=1S/C16H23Cl3O/c1-2-3-4-5-6-10-13-15(16(17,18)19)20-14-11-8-7-9-12-14/h7-9,11-12,15H,2-6,10,13H2,1H3. The molecular weight excluding hydrogens is 315 g/mol. The maximum Gasteiger partial charge on any atom is 0.226 e. The zero-order chi connectivity index (χ0) is 14.8. The van der Waals surface area contributed by atoms with E-state index in [9.17, 15) is 0 Å². The number of unbranched alkanes of at least 4 members (excludes halogenated alkanes) is 5. The quantitative estimate of drug-likeness (QED) is 0.366. The van der Waals surface area contributed by atoms with E-state index < -0.39 is 9.90 Å². The Kier molecular flexibility index (Phi) is 8.75. The minimum absolute atomic E-state index is 0.402. The molecule has 0 heterocycles. The number of para-hydroxylation sites is 1. The predicted octanol–water partition coefficient (Wildman–Crippen LogP) is 6.55. The Labute approximate surface area is 137 Å². The van der Waals surface area contributed by atoms with Crippen LogP contribution in [0.1, 0.15) is 51.9 Å². The van der Waals surface area contributed by atoms with Crippen LogP contribution in [-0.4, -0.2) is 9.90 Å². The highest BCUT2D eigenvalue weighted by Crippen LogP contribution is 2.35. The lowest BCUT2D eigenvalue weighted by molar-refractivity contribution is 0.190. The van der Waals surface area contributed by atoms with Crippen molar-refractivity contribution in [1.82, 2.24) is 0 Å². The lowest BCUT2D eigenvalue weighted by Crippen LogP contribution is -2.31. The van der Waals surface area contributed by atoms with E-state index in [0.717, 1.165) is 25.0 Å². The van der Waals surface area contributed by atoms with E-state index in [4.69, 9.17) is 39.5 Å². The average molecular weight is 338 g/mol. The van der Waals surface area contributed by atoms with Gasteiger partial charge < -0.3 is 4.74 Å². The predicted molar refractivity (Wildman–Crippen MR) is 89.1 cm³/mol. The van der Waals surface area contributed by atoms with Crippen LogP contribution in [-0.2, 0) is 0 Å². The Hall–Kier alpha value is -0.110. The van der Waals surface area contributed by atoms with Crippen LogP contribution >= 0.6 is 34.8 Å². The molecule has 0 spiro atoms. The van der Waals surface area contributed by atoms with Gasteiger partial charge >= 0.3 is 0 Å². The topological polar surface area (TPSA) is 9.23 Å². The fraction of sp³-hybridized carbons (Fsp3) is 0.625. The lowest BCUT2D eigenvalue weighted by Gasteiger charge is -2.25. The van der Waals surface area contributed by atoms with Crippen molar-refractivity contribution >= 4 is 34.8 Å². The third-order valence-corrected chi connectivity index (χ3v) is 3.94. The molecule has 1 aromatic rings. The molecule has 20 heavy (non-hydrogen) atoms. The van der Waals surface area contributed by atoms with Gasteiger partial charge in [-0.15, -0.1) is 0 Å². The summed E-state index contributed by atoms with van der Waals surface area (Å²) >= 11 is 18.1. The Morgan fingerprint density at radius 3 is 2.15 bits per heavy atom. The number of hydrogen-bond acceptors (Lipinski definition) is 1. The van der Waals surface area contributed by atoms with Crippen LogP contribution < -0.4 is 4.74 Å². The second kappa shape index (κ2) is 9.76. The van der Waals surface area contributed by atoms with Crippen LogP contribution in [0.3, 0.4) is 0 Å². The summed E-state index contributed by atoms with van der Waals surface area (Å²) in [6.07, 6.45) is 7.63. The number of halogens is 3. The van der Waals surface area contributed by atoms with Crippen molar-refractivity contribution in [2.75, 3.05) is 0 Å². The molecule has 1 rings (SSSR count). The number of hydrogen-bond donors (Lipinski definition) is 0. The maximum absolute atomic E-state index is 6.02. The van der Waals surface area contributed by atoms with Crippen LogP contribution in [0, 0.1) is 0 Å². The van der Waals surface area contributed by atoms with Gasteiger partial charge in [0, 0.05) is 0 Å². The second-order valence-electron chi connectivity index (χ2n) is 5.02. The van der Waals surface area contributed by atoms with Crippen LogP contribution in [0.15, 0.2) is 30.3 Å². The number of rotatable bonds is 9. The van der Waals surface area contributed by atoms with Crippen molar-refractivity contribution in [1.29, 1.82) is 0 Å². The summed E-state index contributed by atoms with van der Waals surface area (Å²) in [6, 6.07) is 9.52. The maximum atomic E-state index is 6.02. The van der Waals surface area contributed by atoms with Crippen molar-refractivity contribution in [3.63, 3.8) is 0 Å². The van der Waals surface area contributed by atoms with E-state index in [2.05, 4.69) is 6.92 Å². The van der Waals surface area contributed by atoms with Gasteiger partial charge in [-0.2, -0.15) is 0 Å². The van der Waals surface area contributed by atoms with Crippen molar-refractivity contribution in [3.8, 4) is 5.75 Å². The Morgan fingerprint density at radius 1 is 0.950 bits per heavy atom. The van der Waals surface area contributed by atoms with Crippen LogP contribution in [0.2, 0.25) is 0 Å². The molecule has 114 valence electrons. The molecule has 0 fully saturated rings. The van der Waals surface area contributed by atoms with Crippen LogP contribution in [0.25, 0.3) is 0 Å². The van der Waals surface area contributed by atoms with Gasteiger partial charge in [0.2, 0.25) is 3.79 Å². The molecule has 1 aromatic carbocycles. The van der Waals surface area contributed by atoms with Crippen molar-refractivity contribution in [2.45, 2.75) is 61.8 Å². The molecule has 0 radical (unpaired) electrons. The first-order valence-corrected chi connectivity index (χ1v) is 8.46. The molecule has 0 saturated carbocycles. The Bertz CT molecular complexity index is 348. The van der Waals surface area contributed by atoms with E-state index in [1.165, 1.54) is 25.7 Å². The van der Waals surface area contributed by atoms with Crippen molar-refractivity contribution in [3.05, 3.63) is 30.3 Å². The molecule has 0 bridgehead atoms. The molecule has 0 aromatic heterocycles. The number of benzene rings is 1. The average Bonchev–Trinajstić information content (AvgIpc) is 2.41. The SMILES string of the molecule is CCCCCCCCC(Oc1ccccc1)C(Cl)(Cl)Cl. The first-order chi connectivity index (χ1) is 9.54. The highest BCUT2D eigenvalue weighted by molar-refractivity contribution is 6.68. The summed E-state index contributed by atoms with van der Waals surface area (Å²) in [4.78, 5) is 0. The smallest absolute Gasteiger partial charge is 0.226 e. The molecule has 0 N–H and O–H groups in total. The fourth-order valence-corrected chi connectivity index (χ4v) is 2.52. The molecule has 1 atom stereocenters. The third kappa shape index (κ3) is 7.61. The fourth-order valence-electron chi connectivity index (χ4n) is 2.06. The van der Waals surface area contributed by atoms with Crippen molar-refractivity contribution in [2.24, 2.45) is 0 Å². The summed E-state index contributed by atoms with van der Waals surface area (Å²) in [7, 11) is 0. The molecule has 0 aliphatic carbocycles. The minimum atomic E-state index is -1.39. The lowest BCUT2D eigenvalue weighted by atomic mass is 10.1. The summed E-state index contributed by atoms with van der Waals surface area (Å²) in [5, 5.41) is 0. The minimum Gasteiger partial charge on any atom is -0.486 e. The van der Waals surface area contributed by atoms with Crippen LogP contribution in [0.5, 0.6) is 5.75 Å². The molecule has 4 heteroatoms. The van der Waals surface area contributed by atoms with Crippen LogP contribution in [0.4, 0.5) is 0 Å². The van der Waals surface area contributed by atoms with Gasteiger partial charge in [0.25, 0.3) is 0 Å². The number of alkyl halides is 3. The van der Waals surface area contributed by atoms with E-state index in [1.807, 2.05) is 30.3 Å². The zero-order valence-electron chi connectivity index (χ0n) is 12.0. The highest BCUT2D eigenvalue weighted by atomic mass is 35.6. The summed E-state index contributed by atoms with van der Waals surface area (Å²) in [5.41, 5.74) is 0. The normalized spacial score (nSPS) is 13.2. The molecule has 0 aliphatic rings. The van der Waals surface area contributed by atoms with Gasteiger partial charge in [0.15, 0.2) is 0 Å². The van der Waals surface area contributed by atoms with Gasteiger partial charge in [0.1, 0.15) is 11.9 Å². The zero-order valence-corrected chi connectivity index (χ0v) is 14.2. The summed E-state index contributed by atoms with van der Waals surface area (Å²) in [6.45, 7) is 2.21. The molecular formula is C16H23Cl3O. The van der Waals surface area contributed by atoms with E-state index in [-0.39, 0.29) is 0 Å². The third-order valence-electron chi connectivity index (χ3n) is 3.21. The van der Waals surface area contributed by atoms with Gasteiger partial charge in [-0.05, 0) is 25.0 Å². The van der Waals surface area contributed by atoms with Crippen molar-refractivity contribution < 1.29 is 4.74 Å². The summed E-state index contributed by atoms with van der Waals surface area (Å²) in [5.74, 6) is 0.745. The van der Waals surface area contributed by atoms with Gasteiger partial charge in [-0.1, -0.05) is 92.0 Å². The Balaban J connectivity index is 2.38. The largest absolute Gasteiger partial charge is 0.486 e. The first-order valence-electron chi connectivity index (χ1n) is 7.32. The van der Waals surface area contributed by atoms with E-state index >= 15 is 0 Å². The number of ether oxygens (including phenoxy) is 1. The molecule has 0 amide bonds. The van der Waals surface area contributed by atoms with E-state index in [1.54, 1.807) is 0 Å². The monoisotopic (exact) mass is 336 g/mol. The summed E-state index contributed by atoms with van der Waals surface area (Å²) < 4.78 is 4.42. The Morgan fingerprint density at radius 2 is 1.55 bits per heavy atom. The molecule has 1 nitrogen and oxygen atoms in total. The molecule has 0 aliphatic heterocycles. The van der Waals surface area contributed by atoms with Gasteiger partial charge in [-0.3, -0.25) is 0 Å². The molecule has 0 saturated heterocycles. The van der Waals surface area contributed by atoms with E-state index in [0.29, 0.717) is 0 Å². The highest BCUT2D eigenvalue weighted by Gasteiger charge is 2.34. The second-order valence-corrected chi connectivity index (χ2v) is 7.39. The van der Waals surface area contributed by atoms with Gasteiger partial charge in [-0.25, -0.2) is 0 Å². The first kappa shape index (κ1) is 17.9. The van der Waals surface area contributed by atoms with Gasteiger partial charge in [0.05, 0.1) is 0 Å². The molecule has 1 unspecified atom stereocenters.